The number of benzene rings is 3. The van der Waals surface area contributed by atoms with Gasteiger partial charge in [-0.2, -0.15) is 0 Å². The van der Waals surface area contributed by atoms with Crippen LogP contribution in [-0.2, 0) is 19.2 Å². The van der Waals surface area contributed by atoms with Gasteiger partial charge in [-0.1, -0.05) is 103 Å². The summed E-state index contributed by atoms with van der Waals surface area (Å²) in [6, 6.07) is 22.2. The van der Waals surface area contributed by atoms with Gasteiger partial charge in [-0.05, 0) is 92.5 Å². The number of ketones is 4. The normalized spacial score (nSPS) is 11.6. The molecule has 0 unspecified atom stereocenters. The highest BCUT2D eigenvalue weighted by molar-refractivity contribution is 9.11. The molecule has 0 spiro atoms. The molecule has 3 aromatic rings. The zero-order valence-electron chi connectivity index (χ0n) is 26.2. The second kappa shape index (κ2) is 27.0. The van der Waals surface area contributed by atoms with Crippen LogP contribution in [0.15, 0.2) is 98.4 Å². The highest BCUT2D eigenvalue weighted by atomic mass is 79.9. The molecule has 2 N–H and O–H groups in total. The number of rotatable bonds is 7. The average Bonchev–Trinajstić information content (AvgIpc) is 3.04. The first-order chi connectivity index (χ1) is 21.9. The number of carbonyl (C=O) groups excluding carboxylic acids is 5. The molecule has 0 radical (unpaired) electrons. The molecule has 1 heterocycles. The molecule has 0 saturated carbocycles. The number of carbonyl (C=O) groups is 5. The van der Waals surface area contributed by atoms with Crippen LogP contribution in [-0.4, -0.2) is 54.2 Å². The molecule has 0 atom stereocenters. The summed E-state index contributed by atoms with van der Waals surface area (Å²) in [6.07, 6.45) is 10.9. The van der Waals surface area contributed by atoms with Gasteiger partial charge in [0, 0.05) is 39.4 Å². The van der Waals surface area contributed by atoms with Gasteiger partial charge in [0.25, 0.3) is 0 Å². The van der Waals surface area contributed by atoms with Gasteiger partial charge in [-0.25, -0.2) is 0 Å². The van der Waals surface area contributed by atoms with Crippen LogP contribution in [0.4, 0.5) is 0 Å². The largest absolute Gasteiger partial charge is 0.397 e. The SMILES string of the molecule is C1CCNCC1.CC(=O)C(C)=O.CCO.O=C(/C=C/c1cccc(Br)c1)C(=O)/C=C/c1cccc(Br)c1.O=Cc1cccc(Br)c1. The van der Waals surface area contributed by atoms with E-state index in [1.54, 1.807) is 31.2 Å². The van der Waals surface area contributed by atoms with Gasteiger partial charge in [0.15, 0.2) is 11.6 Å². The van der Waals surface area contributed by atoms with Crippen LogP contribution < -0.4 is 5.32 Å². The first-order valence-corrected chi connectivity index (χ1v) is 16.8. The molecule has 46 heavy (non-hydrogen) atoms. The Balaban J connectivity index is 0.000000685. The van der Waals surface area contributed by atoms with Crippen molar-refractivity contribution in [2.24, 2.45) is 0 Å². The lowest BCUT2D eigenvalue weighted by atomic mass is 10.1. The smallest absolute Gasteiger partial charge is 0.225 e. The van der Waals surface area contributed by atoms with Crippen LogP contribution >= 0.6 is 47.8 Å². The summed E-state index contributed by atoms with van der Waals surface area (Å²) in [5.74, 6) is -1.86. The van der Waals surface area contributed by atoms with E-state index in [4.69, 9.17) is 5.11 Å². The average molecular weight is 822 g/mol. The Labute approximate surface area is 297 Å². The molecule has 1 aliphatic rings. The van der Waals surface area contributed by atoms with Gasteiger partial charge in [0.05, 0.1) is 0 Å². The number of allylic oxidation sites excluding steroid dienone is 2. The van der Waals surface area contributed by atoms with Crippen molar-refractivity contribution in [3.05, 3.63) is 115 Å². The fraction of sp³-hybridized carbons (Fsp3) is 0.250. The van der Waals surface area contributed by atoms with Crippen LogP contribution in [0.5, 0.6) is 0 Å². The standard InChI is InChI=1S/C18H12Br2O2.C7H5BrO.C5H11N.C4H6O2.C2H6O/c19-15-5-1-3-13(11-15)7-9-17(21)18(22)10-8-14-4-2-6-16(20)12-14;8-7-3-1-2-6(4-7)5-9;1-2-4-6-5-3-1;1-3(5)4(2)6;1-2-3/h1-12H;1-5H;6H,1-5H2;1-2H3;3H,2H2,1H3/b9-7+,10-8+;;;;. The Hall–Kier alpha value is -3.15. The third-order valence-electron chi connectivity index (χ3n) is 5.48. The molecule has 0 bridgehead atoms. The monoisotopic (exact) mass is 819 g/mol. The molecule has 10 heteroatoms. The lowest BCUT2D eigenvalue weighted by molar-refractivity contribution is -0.134. The molecule has 246 valence electrons. The second-order valence-electron chi connectivity index (χ2n) is 9.42. The molecule has 0 amide bonds. The number of aliphatic hydroxyl groups excluding tert-OH is 1. The zero-order chi connectivity index (χ0) is 34.7. The molecule has 3 aromatic carbocycles. The van der Waals surface area contributed by atoms with E-state index in [-0.39, 0.29) is 18.2 Å². The summed E-state index contributed by atoms with van der Waals surface area (Å²) in [7, 11) is 0. The van der Waals surface area contributed by atoms with Crippen molar-refractivity contribution < 1.29 is 29.1 Å². The summed E-state index contributed by atoms with van der Waals surface area (Å²) in [5.41, 5.74) is 2.40. The van der Waals surface area contributed by atoms with E-state index in [1.807, 2.05) is 60.7 Å². The Morgan fingerprint density at radius 1 is 0.674 bits per heavy atom. The number of aliphatic hydroxyl groups is 1. The number of halogens is 3. The first-order valence-electron chi connectivity index (χ1n) is 14.4. The van der Waals surface area contributed by atoms with E-state index in [9.17, 15) is 24.0 Å². The topological polar surface area (TPSA) is 118 Å². The van der Waals surface area contributed by atoms with Crippen LogP contribution in [0.1, 0.15) is 61.5 Å². The molecule has 7 nitrogen and oxygen atoms in total. The molecule has 1 fully saturated rings. The van der Waals surface area contributed by atoms with Crippen LogP contribution in [0.2, 0.25) is 0 Å². The molecule has 0 aliphatic carbocycles. The number of hydrogen-bond acceptors (Lipinski definition) is 7. The third-order valence-corrected chi connectivity index (χ3v) is 6.96. The fourth-order valence-electron chi connectivity index (χ4n) is 3.11. The Morgan fingerprint density at radius 3 is 1.26 bits per heavy atom. The Bertz CT molecular complexity index is 1360. The lowest BCUT2D eigenvalue weighted by Gasteiger charge is -2.08. The summed E-state index contributed by atoms with van der Waals surface area (Å²) in [6.45, 7) is 6.94. The second-order valence-corrected chi connectivity index (χ2v) is 12.2. The van der Waals surface area contributed by atoms with Crippen LogP contribution in [0.25, 0.3) is 12.2 Å². The third kappa shape index (κ3) is 23.2. The summed E-state index contributed by atoms with van der Waals surface area (Å²) in [5, 5.41) is 10.9. The van der Waals surface area contributed by atoms with Crippen molar-refractivity contribution in [3.8, 4) is 0 Å². The molecule has 4 rings (SSSR count). The van der Waals surface area contributed by atoms with E-state index in [0.717, 1.165) is 30.8 Å². The van der Waals surface area contributed by atoms with Gasteiger partial charge in [0.2, 0.25) is 11.6 Å². The van der Waals surface area contributed by atoms with E-state index < -0.39 is 11.6 Å². The molecule has 1 aliphatic heterocycles. The fourth-order valence-corrected chi connectivity index (χ4v) is 4.36. The zero-order valence-corrected chi connectivity index (χ0v) is 30.9. The maximum absolute atomic E-state index is 11.8. The molecular formula is C36H40Br3NO6. The molecule has 0 aromatic heterocycles. The number of hydrogen-bond donors (Lipinski definition) is 2. The van der Waals surface area contributed by atoms with Crippen LogP contribution in [0, 0.1) is 0 Å². The number of nitrogens with one attached hydrogen (secondary N) is 1. The maximum Gasteiger partial charge on any atom is 0.225 e. The lowest BCUT2D eigenvalue weighted by Crippen LogP contribution is -2.21. The van der Waals surface area contributed by atoms with Crippen molar-refractivity contribution >= 4 is 89.4 Å². The van der Waals surface area contributed by atoms with Crippen molar-refractivity contribution in [1.82, 2.24) is 5.32 Å². The van der Waals surface area contributed by atoms with Gasteiger partial charge in [-0.15, -0.1) is 0 Å². The van der Waals surface area contributed by atoms with Gasteiger partial charge in [-0.3, -0.25) is 24.0 Å². The highest BCUT2D eigenvalue weighted by Gasteiger charge is 2.06. The predicted molar refractivity (Wildman–Crippen MR) is 197 cm³/mol. The van der Waals surface area contributed by atoms with Crippen molar-refractivity contribution in [2.75, 3.05) is 19.7 Å². The number of piperidine rings is 1. The molecular weight excluding hydrogens is 782 g/mol. The summed E-state index contributed by atoms with van der Waals surface area (Å²) < 4.78 is 2.78. The first kappa shape index (κ1) is 42.9. The quantitative estimate of drug-likeness (QED) is 0.140. The molecule has 1 saturated heterocycles. The predicted octanol–water partition coefficient (Wildman–Crippen LogP) is 8.26. The van der Waals surface area contributed by atoms with Gasteiger partial charge >= 0.3 is 0 Å². The minimum Gasteiger partial charge on any atom is -0.397 e. The minimum atomic E-state index is -0.550. The maximum atomic E-state index is 11.8. The number of Topliss-reactive ketones (excluding diaryl/α,β-unsaturated/α-hetero) is 2. The Kier molecular flexibility index (Phi) is 25.2. The van der Waals surface area contributed by atoms with E-state index in [1.165, 1.54) is 58.4 Å². The Morgan fingerprint density at radius 2 is 1.02 bits per heavy atom. The summed E-state index contributed by atoms with van der Waals surface area (Å²) in [4.78, 5) is 53.3. The van der Waals surface area contributed by atoms with Crippen molar-refractivity contribution in [1.29, 1.82) is 0 Å². The van der Waals surface area contributed by atoms with E-state index >= 15 is 0 Å². The van der Waals surface area contributed by atoms with Crippen LogP contribution in [0.3, 0.4) is 0 Å². The summed E-state index contributed by atoms with van der Waals surface area (Å²) >= 11 is 9.95. The number of aldehydes is 1. The minimum absolute atomic E-state index is 0.250. The highest BCUT2D eigenvalue weighted by Crippen LogP contribution is 2.14. The van der Waals surface area contributed by atoms with Crippen molar-refractivity contribution in [2.45, 2.75) is 40.0 Å². The van der Waals surface area contributed by atoms with Crippen molar-refractivity contribution in [3.63, 3.8) is 0 Å². The van der Waals surface area contributed by atoms with E-state index in [0.29, 0.717) is 5.56 Å². The van der Waals surface area contributed by atoms with Gasteiger partial charge < -0.3 is 10.4 Å². The van der Waals surface area contributed by atoms with E-state index in [2.05, 4.69) is 53.1 Å². The van der Waals surface area contributed by atoms with Gasteiger partial charge in [0.1, 0.15) is 6.29 Å².